The first-order valence-electron chi connectivity index (χ1n) is 6.50. The van der Waals surface area contributed by atoms with Crippen molar-refractivity contribution in [2.24, 2.45) is 0 Å². The number of rotatable bonds is 3. The molecule has 0 aliphatic rings. The number of pyridine rings is 2. The topological polar surface area (TPSA) is 114 Å². The number of anilines is 1. The molecule has 0 aliphatic heterocycles. The van der Waals surface area contributed by atoms with Crippen LogP contribution in [0.4, 0.5) is 5.82 Å². The average Bonchev–Trinajstić information content (AvgIpc) is 2.89. The number of amides is 1. The summed E-state index contributed by atoms with van der Waals surface area (Å²) in [6, 6.07) is 7.76. The van der Waals surface area contributed by atoms with Crippen LogP contribution in [0.2, 0.25) is 0 Å². The highest BCUT2D eigenvalue weighted by atomic mass is 32.2. The van der Waals surface area contributed by atoms with Crippen molar-refractivity contribution in [1.82, 2.24) is 14.4 Å². The maximum absolute atomic E-state index is 12.4. The smallest absolute Gasteiger partial charge is 0.277 e. The molecule has 8 nitrogen and oxygen atoms in total. The molecule has 0 aliphatic carbocycles. The molecule has 3 aromatic rings. The van der Waals surface area contributed by atoms with Crippen molar-refractivity contribution in [2.45, 2.75) is 5.16 Å². The first kappa shape index (κ1) is 15.0. The zero-order valence-corrected chi connectivity index (χ0v) is 12.8. The van der Waals surface area contributed by atoms with Crippen LogP contribution in [0.3, 0.4) is 0 Å². The minimum atomic E-state index is -3.62. The van der Waals surface area contributed by atoms with E-state index < -0.39 is 15.7 Å². The van der Waals surface area contributed by atoms with Crippen molar-refractivity contribution in [2.75, 3.05) is 11.6 Å². The van der Waals surface area contributed by atoms with Gasteiger partial charge in [-0.1, -0.05) is 6.07 Å². The molecule has 0 unspecified atom stereocenters. The molecular weight excluding hydrogens is 320 g/mol. The van der Waals surface area contributed by atoms with Crippen LogP contribution in [-0.4, -0.2) is 40.1 Å². The molecule has 9 heteroatoms. The Hall–Kier alpha value is -2.94. The summed E-state index contributed by atoms with van der Waals surface area (Å²) < 4.78 is 25.0. The molecule has 0 bridgehead atoms. The number of carbonyl (C=O) groups is 1. The van der Waals surface area contributed by atoms with Crippen molar-refractivity contribution in [1.29, 1.82) is 0 Å². The van der Waals surface area contributed by atoms with Gasteiger partial charge in [-0.25, -0.2) is 18.4 Å². The molecule has 0 spiro atoms. The Morgan fingerprint density at radius 3 is 2.74 bits per heavy atom. The van der Waals surface area contributed by atoms with E-state index in [1.165, 1.54) is 28.9 Å². The molecule has 0 radical (unpaired) electrons. The largest absolute Gasteiger partial charge is 0.504 e. The highest BCUT2D eigenvalue weighted by Gasteiger charge is 2.23. The minimum Gasteiger partial charge on any atom is -0.504 e. The second kappa shape index (κ2) is 5.36. The number of fused-ring (bicyclic) bond motifs is 1. The van der Waals surface area contributed by atoms with Crippen LogP contribution in [0.25, 0.3) is 5.52 Å². The van der Waals surface area contributed by atoms with E-state index in [-0.39, 0.29) is 22.4 Å². The normalized spacial score (nSPS) is 11.5. The molecule has 0 fully saturated rings. The fourth-order valence-corrected chi connectivity index (χ4v) is 2.87. The molecule has 3 rings (SSSR count). The molecule has 0 atom stereocenters. The van der Waals surface area contributed by atoms with Crippen molar-refractivity contribution in [3.05, 3.63) is 48.4 Å². The zero-order chi connectivity index (χ0) is 16.6. The highest BCUT2D eigenvalue weighted by Crippen LogP contribution is 2.21. The molecule has 23 heavy (non-hydrogen) atoms. The summed E-state index contributed by atoms with van der Waals surface area (Å²) >= 11 is 0. The van der Waals surface area contributed by atoms with E-state index in [1.54, 1.807) is 18.2 Å². The highest BCUT2D eigenvalue weighted by molar-refractivity contribution is 7.90. The lowest BCUT2D eigenvalue weighted by molar-refractivity contribution is 0.102. The number of carbonyl (C=O) groups excluding carboxylic acids is 1. The van der Waals surface area contributed by atoms with Crippen molar-refractivity contribution in [3.63, 3.8) is 0 Å². The second-order valence-electron chi connectivity index (χ2n) is 4.80. The minimum absolute atomic E-state index is 0.0320. The third-order valence-corrected chi connectivity index (χ3v) is 4.03. The molecule has 0 aromatic carbocycles. The number of hydrogen-bond donors (Lipinski definition) is 2. The van der Waals surface area contributed by atoms with Crippen molar-refractivity contribution >= 4 is 27.1 Å². The summed E-state index contributed by atoms with van der Waals surface area (Å²) in [4.78, 5) is 20.2. The van der Waals surface area contributed by atoms with Gasteiger partial charge in [0.2, 0.25) is 15.0 Å². The third-order valence-electron chi connectivity index (χ3n) is 3.08. The summed E-state index contributed by atoms with van der Waals surface area (Å²) in [5.74, 6) is -0.902. The number of nitrogens with zero attached hydrogens (tertiary/aromatic N) is 3. The molecule has 0 saturated carbocycles. The van der Waals surface area contributed by atoms with Crippen LogP contribution >= 0.6 is 0 Å². The van der Waals surface area contributed by atoms with Gasteiger partial charge in [0.1, 0.15) is 0 Å². The number of nitrogens with one attached hydrogen (secondary N) is 1. The molecule has 1 amide bonds. The van der Waals surface area contributed by atoms with Gasteiger partial charge in [-0.05, 0) is 24.3 Å². The second-order valence-corrected chi connectivity index (χ2v) is 6.71. The SMILES string of the molecule is CS(=O)(=O)c1nc(C(=O)Nc2ncccc2O)c2ccccn12. The number of aromatic nitrogens is 3. The van der Waals surface area contributed by atoms with Crippen LogP contribution < -0.4 is 5.32 Å². The van der Waals surface area contributed by atoms with Gasteiger partial charge >= 0.3 is 0 Å². The summed E-state index contributed by atoms with van der Waals surface area (Å²) in [5.41, 5.74) is 0.261. The molecule has 3 heterocycles. The molecule has 3 aromatic heterocycles. The number of aromatic hydroxyl groups is 1. The zero-order valence-electron chi connectivity index (χ0n) is 12.0. The van der Waals surface area contributed by atoms with Crippen molar-refractivity contribution in [3.8, 4) is 5.75 Å². The fourth-order valence-electron chi connectivity index (χ4n) is 2.10. The molecule has 2 N–H and O–H groups in total. The van der Waals surface area contributed by atoms with Gasteiger partial charge in [0, 0.05) is 18.6 Å². The lowest BCUT2D eigenvalue weighted by atomic mass is 10.3. The first-order valence-corrected chi connectivity index (χ1v) is 8.39. The summed E-state index contributed by atoms with van der Waals surface area (Å²) in [6.45, 7) is 0. The van der Waals surface area contributed by atoms with Gasteiger partial charge in [0.15, 0.2) is 17.3 Å². The predicted molar refractivity (Wildman–Crippen MR) is 82.2 cm³/mol. The van der Waals surface area contributed by atoms with Crippen molar-refractivity contribution < 1.29 is 18.3 Å². The standard InChI is InChI=1S/C14H12N4O4S/c1-23(21,22)14-16-11(9-5-2-3-8-18(9)14)13(20)17-12-10(19)6-4-7-15-12/h2-8,19H,1H3,(H,15,17,20). The van der Waals surface area contributed by atoms with E-state index in [2.05, 4.69) is 15.3 Å². The number of imidazole rings is 1. The van der Waals surface area contributed by atoms with Crippen LogP contribution in [0.15, 0.2) is 47.9 Å². The van der Waals surface area contributed by atoms with Crippen LogP contribution in [0.5, 0.6) is 5.75 Å². The third kappa shape index (κ3) is 2.73. The van der Waals surface area contributed by atoms with Gasteiger partial charge in [-0.15, -0.1) is 0 Å². The van der Waals surface area contributed by atoms with E-state index in [4.69, 9.17) is 0 Å². The maximum atomic E-state index is 12.4. The Kier molecular flexibility index (Phi) is 3.49. The van der Waals surface area contributed by atoms with E-state index in [0.717, 1.165) is 6.26 Å². The average molecular weight is 332 g/mol. The Bertz CT molecular complexity index is 1010. The Balaban J connectivity index is 2.10. The van der Waals surface area contributed by atoms with E-state index in [1.807, 2.05) is 0 Å². The van der Waals surface area contributed by atoms with Gasteiger partial charge in [0.25, 0.3) is 5.91 Å². The van der Waals surface area contributed by atoms with Gasteiger partial charge < -0.3 is 10.4 Å². The van der Waals surface area contributed by atoms with Gasteiger partial charge in [-0.3, -0.25) is 9.20 Å². The van der Waals surface area contributed by atoms with Crippen LogP contribution in [0.1, 0.15) is 10.5 Å². The lowest BCUT2D eigenvalue weighted by Crippen LogP contribution is -2.14. The Morgan fingerprint density at radius 2 is 2.04 bits per heavy atom. The monoisotopic (exact) mass is 332 g/mol. The number of sulfone groups is 1. The fraction of sp³-hybridized carbons (Fsp3) is 0.0714. The predicted octanol–water partition coefficient (Wildman–Crippen LogP) is 1.09. The molecular formula is C14H12N4O4S. The Morgan fingerprint density at radius 1 is 1.26 bits per heavy atom. The quantitative estimate of drug-likeness (QED) is 0.742. The maximum Gasteiger partial charge on any atom is 0.277 e. The Labute approximate surface area is 131 Å². The summed E-state index contributed by atoms with van der Waals surface area (Å²) in [5, 5.41) is 11.8. The number of hydrogen-bond acceptors (Lipinski definition) is 6. The summed E-state index contributed by atoms with van der Waals surface area (Å²) in [7, 11) is -3.62. The summed E-state index contributed by atoms with van der Waals surface area (Å²) in [6.07, 6.45) is 3.93. The van der Waals surface area contributed by atoms with Gasteiger partial charge in [-0.2, -0.15) is 0 Å². The van der Waals surface area contributed by atoms with Crippen LogP contribution in [-0.2, 0) is 9.84 Å². The van der Waals surface area contributed by atoms with Crippen LogP contribution in [0, 0.1) is 0 Å². The first-order chi connectivity index (χ1) is 10.9. The van der Waals surface area contributed by atoms with E-state index >= 15 is 0 Å². The lowest BCUT2D eigenvalue weighted by Gasteiger charge is -2.04. The van der Waals surface area contributed by atoms with E-state index in [0.29, 0.717) is 5.52 Å². The molecule has 0 saturated heterocycles. The van der Waals surface area contributed by atoms with E-state index in [9.17, 15) is 18.3 Å². The molecule has 118 valence electrons. The van der Waals surface area contributed by atoms with Gasteiger partial charge in [0.05, 0.1) is 5.52 Å².